The standard InChI is InChI=1S/C19H20N2O5S/c22-19(18-13-25-16-5-1-2-6-17(16)26-18)20-14-7-9-15(10-8-14)27(23,24)21-11-3-4-12-21/h1-2,5-10,18H,3-4,11-13H2,(H,20,22)/t18-/m0/s1. The van der Waals surface area contributed by atoms with Crippen LogP contribution in [0.4, 0.5) is 5.69 Å². The third kappa shape index (κ3) is 3.63. The molecule has 8 heteroatoms. The molecule has 0 unspecified atom stereocenters. The third-order valence-corrected chi connectivity index (χ3v) is 6.54. The Hall–Kier alpha value is -2.58. The van der Waals surface area contributed by atoms with Crippen LogP contribution in [0.15, 0.2) is 53.4 Å². The zero-order valence-corrected chi connectivity index (χ0v) is 15.4. The first-order valence-electron chi connectivity index (χ1n) is 8.83. The highest BCUT2D eigenvalue weighted by molar-refractivity contribution is 7.89. The Morgan fingerprint density at radius 3 is 2.37 bits per heavy atom. The van der Waals surface area contributed by atoms with E-state index < -0.39 is 16.1 Å². The van der Waals surface area contributed by atoms with E-state index in [-0.39, 0.29) is 17.4 Å². The summed E-state index contributed by atoms with van der Waals surface area (Å²) in [6, 6.07) is 13.3. The van der Waals surface area contributed by atoms with Crippen LogP contribution in [0.1, 0.15) is 12.8 Å². The van der Waals surface area contributed by atoms with Crippen LogP contribution in [0.25, 0.3) is 0 Å². The van der Waals surface area contributed by atoms with E-state index in [0.717, 1.165) is 12.8 Å². The van der Waals surface area contributed by atoms with E-state index >= 15 is 0 Å². The summed E-state index contributed by atoms with van der Waals surface area (Å²) >= 11 is 0. The van der Waals surface area contributed by atoms with Crippen molar-refractivity contribution in [3.63, 3.8) is 0 Å². The van der Waals surface area contributed by atoms with Crippen LogP contribution in [-0.2, 0) is 14.8 Å². The van der Waals surface area contributed by atoms with E-state index in [0.29, 0.717) is 30.3 Å². The highest BCUT2D eigenvalue weighted by Gasteiger charge is 2.29. The quantitative estimate of drug-likeness (QED) is 0.868. The minimum absolute atomic E-state index is 0.115. The summed E-state index contributed by atoms with van der Waals surface area (Å²) in [5.41, 5.74) is 0.503. The van der Waals surface area contributed by atoms with Crippen LogP contribution in [-0.4, -0.2) is 44.4 Å². The van der Waals surface area contributed by atoms with Crippen LogP contribution >= 0.6 is 0 Å². The molecule has 1 N–H and O–H groups in total. The van der Waals surface area contributed by atoms with Crippen LogP contribution in [0, 0.1) is 0 Å². The number of nitrogens with zero attached hydrogens (tertiary/aromatic N) is 1. The van der Waals surface area contributed by atoms with E-state index in [1.807, 2.05) is 12.1 Å². The molecule has 2 aliphatic rings. The molecule has 27 heavy (non-hydrogen) atoms. The van der Waals surface area contributed by atoms with Gasteiger partial charge in [0.15, 0.2) is 11.5 Å². The van der Waals surface area contributed by atoms with E-state index in [1.54, 1.807) is 24.3 Å². The summed E-state index contributed by atoms with van der Waals surface area (Å²) < 4.78 is 37.8. The highest BCUT2D eigenvalue weighted by Crippen LogP contribution is 2.31. The SMILES string of the molecule is O=C(Nc1ccc(S(=O)(=O)N2CCCC2)cc1)[C@@H]1COc2ccccc2O1. The van der Waals surface area contributed by atoms with Crippen molar-refractivity contribution in [3.8, 4) is 11.5 Å². The lowest BCUT2D eigenvalue weighted by molar-refractivity contribution is -0.125. The molecule has 0 aliphatic carbocycles. The first-order chi connectivity index (χ1) is 13.0. The molecule has 2 aromatic rings. The Morgan fingerprint density at radius 2 is 1.67 bits per heavy atom. The van der Waals surface area contributed by atoms with Gasteiger partial charge in [-0.1, -0.05) is 12.1 Å². The summed E-state index contributed by atoms with van der Waals surface area (Å²) in [7, 11) is -3.46. The van der Waals surface area contributed by atoms with Crippen LogP contribution in [0.3, 0.4) is 0 Å². The second-order valence-corrected chi connectivity index (χ2v) is 8.43. The topological polar surface area (TPSA) is 84.9 Å². The van der Waals surface area contributed by atoms with Gasteiger partial charge in [0.1, 0.15) is 6.61 Å². The lowest BCUT2D eigenvalue weighted by Gasteiger charge is -2.25. The molecule has 4 rings (SSSR count). The van der Waals surface area contributed by atoms with Crippen molar-refractivity contribution in [2.75, 3.05) is 25.0 Å². The number of carbonyl (C=O) groups excluding carboxylic acids is 1. The smallest absolute Gasteiger partial charge is 0.269 e. The zero-order chi connectivity index (χ0) is 18.9. The van der Waals surface area contributed by atoms with Crippen molar-refractivity contribution in [1.29, 1.82) is 0 Å². The fourth-order valence-corrected chi connectivity index (χ4v) is 4.68. The predicted molar refractivity (Wildman–Crippen MR) is 99.4 cm³/mol. The number of ether oxygens (including phenoxy) is 2. The van der Waals surface area contributed by atoms with Crippen molar-refractivity contribution < 1.29 is 22.7 Å². The van der Waals surface area contributed by atoms with Gasteiger partial charge in [0.25, 0.3) is 5.91 Å². The van der Waals surface area contributed by atoms with Gasteiger partial charge < -0.3 is 14.8 Å². The van der Waals surface area contributed by atoms with Gasteiger partial charge in [-0.15, -0.1) is 0 Å². The summed E-state index contributed by atoms with van der Waals surface area (Å²) in [4.78, 5) is 12.7. The largest absolute Gasteiger partial charge is 0.485 e. The lowest BCUT2D eigenvalue weighted by atomic mass is 10.2. The third-order valence-electron chi connectivity index (χ3n) is 4.63. The minimum Gasteiger partial charge on any atom is -0.485 e. The van der Waals surface area contributed by atoms with Gasteiger partial charge in [-0.2, -0.15) is 4.31 Å². The molecule has 2 aromatic carbocycles. The molecule has 0 radical (unpaired) electrons. The maximum Gasteiger partial charge on any atom is 0.269 e. The number of nitrogens with one attached hydrogen (secondary N) is 1. The molecule has 142 valence electrons. The predicted octanol–water partition coefficient (Wildman–Crippen LogP) is 2.25. The van der Waals surface area contributed by atoms with E-state index in [9.17, 15) is 13.2 Å². The number of benzene rings is 2. The highest BCUT2D eigenvalue weighted by atomic mass is 32.2. The average Bonchev–Trinajstić information content (AvgIpc) is 3.24. The molecular formula is C19H20N2O5S. The molecule has 0 saturated carbocycles. The van der Waals surface area contributed by atoms with Crippen LogP contribution in [0.5, 0.6) is 11.5 Å². The molecular weight excluding hydrogens is 368 g/mol. The van der Waals surface area contributed by atoms with Crippen LogP contribution in [0.2, 0.25) is 0 Å². The van der Waals surface area contributed by atoms with E-state index in [1.165, 1.54) is 16.4 Å². The minimum atomic E-state index is -3.46. The molecule has 7 nitrogen and oxygen atoms in total. The summed E-state index contributed by atoms with van der Waals surface area (Å²) in [5, 5.41) is 2.74. The van der Waals surface area contributed by atoms with Gasteiger partial charge >= 0.3 is 0 Å². The normalized spacial score (nSPS) is 19.6. The van der Waals surface area contributed by atoms with Gasteiger partial charge in [-0.25, -0.2) is 8.42 Å². The van der Waals surface area contributed by atoms with Crippen LogP contribution < -0.4 is 14.8 Å². The zero-order valence-electron chi connectivity index (χ0n) is 14.6. The van der Waals surface area contributed by atoms with E-state index in [4.69, 9.17) is 9.47 Å². The number of hydrogen-bond acceptors (Lipinski definition) is 5. The van der Waals surface area contributed by atoms with Crippen molar-refractivity contribution in [1.82, 2.24) is 4.31 Å². The summed E-state index contributed by atoms with van der Waals surface area (Å²) in [5.74, 6) is 0.786. The number of fused-ring (bicyclic) bond motifs is 1. The molecule has 2 heterocycles. The Bertz CT molecular complexity index is 937. The molecule has 1 fully saturated rings. The Kier molecular flexibility index (Phi) is 4.75. The van der Waals surface area contributed by atoms with Crippen molar-refractivity contribution in [2.24, 2.45) is 0 Å². The van der Waals surface area contributed by atoms with Crippen molar-refractivity contribution in [3.05, 3.63) is 48.5 Å². The van der Waals surface area contributed by atoms with E-state index in [2.05, 4.69) is 5.32 Å². The van der Waals surface area contributed by atoms with Gasteiger partial charge in [0.05, 0.1) is 4.90 Å². The maximum absolute atomic E-state index is 12.5. The van der Waals surface area contributed by atoms with Gasteiger partial charge in [-0.05, 0) is 49.2 Å². The summed E-state index contributed by atoms with van der Waals surface area (Å²) in [6.45, 7) is 1.23. The molecule has 2 aliphatic heterocycles. The number of hydrogen-bond donors (Lipinski definition) is 1. The number of carbonyl (C=O) groups is 1. The lowest BCUT2D eigenvalue weighted by Crippen LogP contribution is -2.40. The number of rotatable bonds is 4. The molecule has 0 aromatic heterocycles. The van der Waals surface area contributed by atoms with Crippen molar-refractivity contribution >= 4 is 21.6 Å². The molecule has 1 saturated heterocycles. The number of amides is 1. The fraction of sp³-hybridized carbons (Fsp3) is 0.316. The number of anilines is 1. The Labute approximate surface area is 157 Å². The first kappa shape index (κ1) is 17.8. The van der Waals surface area contributed by atoms with Gasteiger partial charge in [-0.3, -0.25) is 4.79 Å². The van der Waals surface area contributed by atoms with Gasteiger partial charge in [0.2, 0.25) is 16.1 Å². The Morgan fingerprint density at radius 1 is 1.00 bits per heavy atom. The monoisotopic (exact) mass is 388 g/mol. The molecule has 0 spiro atoms. The second-order valence-electron chi connectivity index (χ2n) is 6.49. The maximum atomic E-state index is 12.5. The molecule has 1 atom stereocenters. The summed E-state index contributed by atoms with van der Waals surface area (Å²) in [6.07, 6.45) is 1.01. The van der Waals surface area contributed by atoms with Crippen molar-refractivity contribution in [2.45, 2.75) is 23.8 Å². The second kappa shape index (κ2) is 7.21. The Balaban J connectivity index is 1.42. The van der Waals surface area contributed by atoms with Gasteiger partial charge in [0, 0.05) is 18.8 Å². The number of para-hydroxylation sites is 2. The fourth-order valence-electron chi connectivity index (χ4n) is 3.16. The number of sulfonamides is 1. The molecule has 0 bridgehead atoms. The average molecular weight is 388 g/mol. The molecule has 1 amide bonds. The first-order valence-corrected chi connectivity index (χ1v) is 10.3.